The summed E-state index contributed by atoms with van der Waals surface area (Å²) in [4.78, 5) is 11.5. The number of rotatable bonds is 4. The smallest absolute Gasteiger partial charge is 0.252 e. The Kier molecular flexibility index (Phi) is 3.74. The van der Waals surface area contributed by atoms with Gasteiger partial charge in [0.1, 0.15) is 0 Å². The van der Waals surface area contributed by atoms with E-state index in [0.29, 0.717) is 12.1 Å². The Hall–Kier alpha value is -1.49. The van der Waals surface area contributed by atoms with Gasteiger partial charge in [-0.15, -0.1) is 0 Å². The van der Waals surface area contributed by atoms with Crippen molar-refractivity contribution >= 4 is 5.91 Å². The fourth-order valence-corrected chi connectivity index (χ4v) is 0.903. The molecule has 0 bridgehead atoms. The maximum Gasteiger partial charge on any atom is 0.252 e. The predicted octanol–water partition coefficient (Wildman–Crippen LogP) is 0.225. The molecule has 0 atom stereocenters. The average Bonchev–Trinajstić information content (AvgIpc) is 2.27. The van der Waals surface area contributed by atoms with Crippen LogP contribution < -0.4 is 5.32 Å². The summed E-state index contributed by atoms with van der Waals surface area (Å²) in [6.07, 6.45) is 2.87. The van der Waals surface area contributed by atoms with E-state index in [1.165, 1.54) is 12.4 Å². The fraction of sp³-hybridized carbons (Fsp3) is 0.500. The lowest BCUT2D eigenvalue weighted by Gasteiger charge is -2.21. The highest BCUT2D eigenvalue weighted by molar-refractivity contribution is 5.93. The van der Waals surface area contributed by atoms with Crippen LogP contribution in [0.1, 0.15) is 24.2 Å². The van der Waals surface area contributed by atoms with Gasteiger partial charge in [0, 0.05) is 18.6 Å². The number of hydrogen-bond donors (Lipinski definition) is 2. The van der Waals surface area contributed by atoms with Gasteiger partial charge in [-0.3, -0.25) is 4.79 Å². The molecule has 2 N–H and O–H groups in total. The van der Waals surface area contributed by atoms with Gasteiger partial charge >= 0.3 is 0 Å². The molecule has 0 radical (unpaired) electrons. The first-order valence-corrected chi connectivity index (χ1v) is 4.71. The molecule has 1 rings (SSSR count). The van der Waals surface area contributed by atoms with Gasteiger partial charge in [0.15, 0.2) is 0 Å². The first-order valence-electron chi connectivity index (χ1n) is 4.71. The van der Waals surface area contributed by atoms with E-state index in [4.69, 9.17) is 5.11 Å². The maximum atomic E-state index is 11.5. The van der Waals surface area contributed by atoms with Crippen LogP contribution in [0.5, 0.6) is 0 Å². The van der Waals surface area contributed by atoms with Crippen LogP contribution in [0, 0.1) is 5.41 Å². The third-order valence-electron chi connectivity index (χ3n) is 2.00. The Morgan fingerprint density at radius 3 is 2.80 bits per heavy atom. The van der Waals surface area contributed by atoms with E-state index in [9.17, 15) is 4.79 Å². The van der Waals surface area contributed by atoms with Crippen LogP contribution in [0.4, 0.5) is 0 Å². The second-order valence-electron chi connectivity index (χ2n) is 4.14. The van der Waals surface area contributed by atoms with Gasteiger partial charge in [0.05, 0.1) is 18.0 Å². The lowest BCUT2D eigenvalue weighted by atomic mass is 9.95. The van der Waals surface area contributed by atoms with E-state index in [-0.39, 0.29) is 17.9 Å². The van der Waals surface area contributed by atoms with Crippen molar-refractivity contribution in [3.63, 3.8) is 0 Å². The van der Waals surface area contributed by atoms with Crippen LogP contribution in [-0.4, -0.2) is 34.4 Å². The zero-order chi connectivity index (χ0) is 11.3. The van der Waals surface area contributed by atoms with Crippen LogP contribution in [0.3, 0.4) is 0 Å². The summed E-state index contributed by atoms with van der Waals surface area (Å²) < 4.78 is 0. The van der Waals surface area contributed by atoms with Gasteiger partial charge in [-0.2, -0.15) is 10.2 Å². The van der Waals surface area contributed by atoms with Crippen molar-refractivity contribution in [3.8, 4) is 0 Å². The lowest BCUT2D eigenvalue weighted by Crippen LogP contribution is -2.36. The highest BCUT2D eigenvalue weighted by Gasteiger charge is 2.17. The van der Waals surface area contributed by atoms with Crippen molar-refractivity contribution in [2.75, 3.05) is 13.2 Å². The summed E-state index contributed by atoms with van der Waals surface area (Å²) >= 11 is 0. The van der Waals surface area contributed by atoms with Crippen molar-refractivity contribution in [2.24, 2.45) is 5.41 Å². The highest BCUT2D eigenvalue weighted by Crippen LogP contribution is 2.11. The molecule has 0 saturated carbocycles. The third kappa shape index (κ3) is 3.63. The van der Waals surface area contributed by atoms with Gasteiger partial charge < -0.3 is 10.4 Å². The highest BCUT2D eigenvalue weighted by atomic mass is 16.3. The summed E-state index contributed by atoms with van der Waals surface area (Å²) in [5.74, 6) is -0.202. The Labute approximate surface area is 88.5 Å². The Balaban J connectivity index is 2.51. The first-order chi connectivity index (χ1) is 7.05. The second-order valence-corrected chi connectivity index (χ2v) is 4.14. The molecule has 1 aromatic rings. The summed E-state index contributed by atoms with van der Waals surface area (Å²) in [6, 6.07) is 1.59. The number of aliphatic hydroxyl groups excluding tert-OH is 1. The monoisotopic (exact) mass is 209 g/mol. The molecule has 0 fully saturated rings. The topological polar surface area (TPSA) is 75.1 Å². The summed E-state index contributed by atoms with van der Waals surface area (Å²) in [5, 5.41) is 18.9. The van der Waals surface area contributed by atoms with Crippen LogP contribution in [0.2, 0.25) is 0 Å². The van der Waals surface area contributed by atoms with Crippen LogP contribution in [0.15, 0.2) is 18.5 Å². The van der Waals surface area contributed by atoms with E-state index in [1.807, 2.05) is 13.8 Å². The standard InChI is InChI=1S/C10H15N3O2/c1-10(2,7-14)6-11-9(15)8-3-4-12-13-5-8/h3-5,14H,6-7H2,1-2H3,(H,11,15). The van der Waals surface area contributed by atoms with Gasteiger partial charge in [-0.05, 0) is 6.07 Å². The number of carbonyl (C=O) groups is 1. The molecule has 1 aromatic heterocycles. The van der Waals surface area contributed by atoms with E-state index < -0.39 is 0 Å². The van der Waals surface area contributed by atoms with Crippen molar-refractivity contribution < 1.29 is 9.90 Å². The summed E-state index contributed by atoms with van der Waals surface area (Å²) in [5.41, 5.74) is 0.162. The Bertz CT molecular complexity index is 325. The number of aliphatic hydroxyl groups is 1. The molecule has 0 aromatic carbocycles. The van der Waals surface area contributed by atoms with Gasteiger partial charge in [0.25, 0.3) is 5.91 Å². The molecular weight excluding hydrogens is 194 g/mol. The van der Waals surface area contributed by atoms with Gasteiger partial charge in [-0.1, -0.05) is 13.8 Å². The predicted molar refractivity (Wildman–Crippen MR) is 55.2 cm³/mol. The molecule has 0 spiro atoms. The Morgan fingerprint density at radius 2 is 2.27 bits per heavy atom. The summed E-state index contributed by atoms with van der Waals surface area (Å²) in [7, 11) is 0. The van der Waals surface area contributed by atoms with E-state index in [1.54, 1.807) is 6.07 Å². The number of nitrogens with one attached hydrogen (secondary N) is 1. The van der Waals surface area contributed by atoms with E-state index in [0.717, 1.165) is 0 Å². The minimum Gasteiger partial charge on any atom is -0.396 e. The second kappa shape index (κ2) is 4.84. The molecular formula is C10H15N3O2. The lowest BCUT2D eigenvalue weighted by molar-refractivity contribution is 0.0910. The first kappa shape index (κ1) is 11.6. The zero-order valence-electron chi connectivity index (χ0n) is 8.90. The van der Waals surface area contributed by atoms with E-state index >= 15 is 0 Å². The van der Waals surface area contributed by atoms with Crippen LogP contribution >= 0.6 is 0 Å². The fourth-order valence-electron chi connectivity index (χ4n) is 0.903. The molecule has 1 amide bonds. The van der Waals surface area contributed by atoms with E-state index in [2.05, 4.69) is 15.5 Å². The quantitative estimate of drug-likeness (QED) is 0.744. The number of carbonyl (C=O) groups excluding carboxylic acids is 1. The minimum absolute atomic E-state index is 0.0296. The van der Waals surface area contributed by atoms with Crippen molar-refractivity contribution in [2.45, 2.75) is 13.8 Å². The number of amides is 1. The minimum atomic E-state index is -0.309. The summed E-state index contributed by atoms with van der Waals surface area (Å²) in [6.45, 7) is 4.20. The van der Waals surface area contributed by atoms with Crippen molar-refractivity contribution in [3.05, 3.63) is 24.0 Å². The maximum absolute atomic E-state index is 11.5. The van der Waals surface area contributed by atoms with Gasteiger partial charge in [0.2, 0.25) is 0 Å². The number of aromatic nitrogens is 2. The Morgan fingerprint density at radius 1 is 1.53 bits per heavy atom. The third-order valence-corrected chi connectivity index (χ3v) is 2.00. The van der Waals surface area contributed by atoms with Crippen molar-refractivity contribution in [1.82, 2.24) is 15.5 Å². The SMILES string of the molecule is CC(C)(CO)CNC(=O)c1ccnnc1. The molecule has 5 nitrogen and oxygen atoms in total. The van der Waals surface area contributed by atoms with Crippen LogP contribution in [-0.2, 0) is 0 Å². The van der Waals surface area contributed by atoms with Crippen LogP contribution in [0.25, 0.3) is 0 Å². The molecule has 1 heterocycles. The number of nitrogens with zero attached hydrogens (tertiary/aromatic N) is 2. The molecule has 0 unspecified atom stereocenters. The zero-order valence-corrected chi connectivity index (χ0v) is 8.90. The normalized spacial score (nSPS) is 11.1. The molecule has 0 saturated heterocycles. The van der Waals surface area contributed by atoms with Gasteiger partial charge in [-0.25, -0.2) is 0 Å². The van der Waals surface area contributed by atoms with Crippen molar-refractivity contribution in [1.29, 1.82) is 0 Å². The molecule has 0 aliphatic rings. The average molecular weight is 209 g/mol. The number of hydrogen-bond acceptors (Lipinski definition) is 4. The largest absolute Gasteiger partial charge is 0.396 e. The molecule has 82 valence electrons. The molecule has 15 heavy (non-hydrogen) atoms. The molecule has 0 aliphatic carbocycles. The molecule has 5 heteroatoms. The molecule has 0 aliphatic heterocycles.